The summed E-state index contributed by atoms with van der Waals surface area (Å²) >= 11 is 0. The van der Waals surface area contributed by atoms with Crippen LogP contribution in [0.5, 0.6) is 0 Å². The van der Waals surface area contributed by atoms with E-state index < -0.39 is 0 Å². The summed E-state index contributed by atoms with van der Waals surface area (Å²) in [6.45, 7) is 6.60. The molecule has 120 valence electrons. The van der Waals surface area contributed by atoms with E-state index in [4.69, 9.17) is 0 Å². The second-order valence-corrected chi connectivity index (χ2v) is 6.89. The van der Waals surface area contributed by atoms with E-state index in [2.05, 4.69) is 47.1 Å². The van der Waals surface area contributed by atoms with Crippen LogP contribution in [0.4, 0.5) is 0 Å². The Morgan fingerprint density at radius 2 is 1.91 bits per heavy atom. The van der Waals surface area contributed by atoms with Crippen molar-refractivity contribution in [2.45, 2.75) is 57.7 Å². The van der Waals surface area contributed by atoms with E-state index in [-0.39, 0.29) is 6.04 Å². The fraction of sp³-hybridized carbons (Fsp3) is 0.632. The number of benzene rings is 1. The average Bonchev–Trinajstić information content (AvgIpc) is 2.70. The fourth-order valence-electron chi connectivity index (χ4n) is 4.03. The third kappa shape index (κ3) is 3.76. The first-order valence-corrected chi connectivity index (χ1v) is 8.79. The largest absolute Gasteiger partial charge is 0.298 e. The van der Waals surface area contributed by atoms with E-state index in [1.54, 1.807) is 0 Å². The molecule has 2 aliphatic rings. The number of ketones is 1. The number of Topliss-reactive ketones (excluding diaryl/α,β-unsaturated/α-hetero) is 1. The van der Waals surface area contributed by atoms with Gasteiger partial charge in [0.1, 0.15) is 5.78 Å². The molecular formula is C19H28N2O. The Labute approximate surface area is 134 Å². The van der Waals surface area contributed by atoms with Gasteiger partial charge in [-0.05, 0) is 38.3 Å². The molecular weight excluding hydrogens is 272 g/mol. The Morgan fingerprint density at radius 3 is 2.68 bits per heavy atom. The molecule has 1 saturated heterocycles. The number of hydrogen-bond donors (Lipinski definition) is 0. The molecule has 2 unspecified atom stereocenters. The normalized spacial score (nSPS) is 28.5. The van der Waals surface area contributed by atoms with Crippen molar-refractivity contribution in [2.75, 3.05) is 19.6 Å². The number of carbonyl (C=O) groups is 1. The number of rotatable bonds is 3. The van der Waals surface area contributed by atoms with E-state index in [0.717, 1.165) is 45.4 Å². The van der Waals surface area contributed by atoms with Gasteiger partial charge in [-0.1, -0.05) is 36.8 Å². The summed E-state index contributed by atoms with van der Waals surface area (Å²) in [6, 6.07) is 11.4. The van der Waals surface area contributed by atoms with Gasteiger partial charge in [0, 0.05) is 32.1 Å². The zero-order chi connectivity index (χ0) is 15.4. The lowest BCUT2D eigenvalue weighted by Crippen LogP contribution is -2.49. The smallest absolute Gasteiger partial charge is 0.149 e. The number of nitrogens with zero attached hydrogens (tertiary/aromatic N) is 2. The van der Waals surface area contributed by atoms with Crippen molar-refractivity contribution in [2.24, 2.45) is 0 Å². The summed E-state index contributed by atoms with van der Waals surface area (Å²) < 4.78 is 0. The van der Waals surface area contributed by atoms with Gasteiger partial charge in [-0.3, -0.25) is 14.6 Å². The van der Waals surface area contributed by atoms with Gasteiger partial charge < -0.3 is 0 Å². The SMILES string of the molecule is CC1CN(Cc2ccccc2)CCCN1C1CCCCC1=O. The van der Waals surface area contributed by atoms with Gasteiger partial charge >= 0.3 is 0 Å². The lowest BCUT2D eigenvalue weighted by Gasteiger charge is -2.36. The van der Waals surface area contributed by atoms with E-state index in [1.807, 2.05) is 0 Å². The molecule has 2 fully saturated rings. The van der Waals surface area contributed by atoms with E-state index >= 15 is 0 Å². The first kappa shape index (κ1) is 15.7. The molecule has 3 heteroatoms. The van der Waals surface area contributed by atoms with Crippen LogP contribution < -0.4 is 0 Å². The maximum Gasteiger partial charge on any atom is 0.149 e. The minimum absolute atomic E-state index is 0.195. The van der Waals surface area contributed by atoms with Crippen molar-refractivity contribution in [3.63, 3.8) is 0 Å². The van der Waals surface area contributed by atoms with Crippen molar-refractivity contribution in [1.82, 2.24) is 9.80 Å². The zero-order valence-electron chi connectivity index (χ0n) is 13.7. The van der Waals surface area contributed by atoms with E-state index in [0.29, 0.717) is 11.8 Å². The first-order chi connectivity index (χ1) is 10.7. The maximum atomic E-state index is 12.3. The molecule has 0 radical (unpaired) electrons. The van der Waals surface area contributed by atoms with Crippen molar-refractivity contribution in [3.05, 3.63) is 35.9 Å². The first-order valence-electron chi connectivity index (χ1n) is 8.79. The van der Waals surface area contributed by atoms with Crippen LogP contribution in [0.25, 0.3) is 0 Å². The Bertz CT molecular complexity index is 487. The minimum atomic E-state index is 0.195. The van der Waals surface area contributed by atoms with E-state index in [1.165, 1.54) is 18.4 Å². The monoisotopic (exact) mass is 300 g/mol. The van der Waals surface area contributed by atoms with Gasteiger partial charge in [-0.15, -0.1) is 0 Å². The number of hydrogen-bond acceptors (Lipinski definition) is 3. The van der Waals surface area contributed by atoms with Gasteiger partial charge in [0.2, 0.25) is 0 Å². The second kappa shape index (κ2) is 7.38. The lowest BCUT2D eigenvalue weighted by atomic mass is 9.92. The molecule has 0 aromatic heterocycles. The zero-order valence-corrected chi connectivity index (χ0v) is 13.7. The highest BCUT2D eigenvalue weighted by molar-refractivity contribution is 5.84. The average molecular weight is 300 g/mol. The van der Waals surface area contributed by atoms with Crippen LogP contribution in [0, 0.1) is 0 Å². The molecule has 1 saturated carbocycles. The van der Waals surface area contributed by atoms with E-state index in [9.17, 15) is 4.79 Å². The maximum absolute atomic E-state index is 12.3. The van der Waals surface area contributed by atoms with Crippen molar-refractivity contribution in [3.8, 4) is 0 Å². The highest BCUT2D eigenvalue weighted by Gasteiger charge is 2.32. The van der Waals surface area contributed by atoms with Crippen molar-refractivity contribution < 1.29 is 4.79 Å². The summed E-state index contributed by atoms with van der Waals surface area (Å²) in [5.41, 5.74) is 1.39. The molecule has 1 aromatic carbocycles. The van der Waals surface area contributed by atoms with Crippen LogP contribution in [0.1, 0.15) is 44.6 Å². The molecule has 0 bridgehead atoms. The van der Waals surface area contributed by atoms with Gasteiger partial charge in [0.15, 0.2) is 0 Å². The highest BCUT2D eigenvalue weighted by Crippen LogP contribution is 2.24. The quantitative estimate of drug-likeness (QED) is 0.857. The fourth-order valence-corrected chi connectivity index (χ4v) is 4.03. The molecule has 3 rings (SSSR count). The summed E-state index contributed by atoms with van der Waals surface area (Å²) in [6.07, 6.45) is 5.34. The molecule has 22 heavy (non-hydrogen) atoms. The van der Waals surface area contributed by atoms with Crippen LogP contribution >= 0.6 is 0 Å². The van der Waals surface area contributed by atoms with Crippen LogP contribution in [-0.2, 0) is 11.3 Å². The van der Waals surface area contributed by atoms with Crippen LogP contribution in [-0.4, -0.2) is 47.3 Å². The van der Waals surface area contributed by atoms with Gasteiger partial charge in [0.05, 0.1) is 6.04 Å². The van der Waals surface area contributed by atoms with Crippen LogP contribution in [0.3, 0.4) is 0 Å². The molecule has 1 heterocycles. The summed E-state index contributed by atoms with van der Waals surface area (Å²) in [5.74, 6) is 0.481. The molecule has 1 aromatic rings. The Morgan fingerprint density at radius 1 is 1.09 bits per heavy atom. The predicted octanol–water partition coefficient (Wildman–Crippen LogP) is 3.09. The third-order valence-electron chi connectivity index (χ3n) is 5.15. The lowest BCUT2D eigenvalue weighted by molar-refractivity contribution is -0.127. The van der Waals surface area contributed by atoms with Gasteiger partial charge in [-0.2, -0.15) is 0 Å². The predicted molar refractivity (Wildman–Crippen MR) is 89.8 cm³/mol. The van der Waals surface area contributed by atoms with Crippen molar-refractivity contribution in [1.29, 1.82) is 0 Å². The molecule has 2 atom stereocenters. The standard InChI is InChI=1S/C19H28N2O/c1-16-14-20(15-17-8-3-2-4-9-17)12-7-13-21(16)18-10-5-6-11-19(18)22/h2-4,8-9,16,18H,5-7,10-15H2,1H3. The molecule has 3 nitrogen and oxygen atoms in total. The van der Waals surface area contributed by atoms with Gasteiger partial charge in [0.25, 0.3) is 0 Å². The highest BCUT2D eigenvalue weighted by atomic mass is 16.1. The summed E-state index contributed by atoms with van der Waals surface area (Å²) in [5, 5.41) is 0. The van der Waals surface area contributed by atoms with Gasteiger partial charge in [-0.25, -0.2) is 0 Å². The van der Waals surface area contributed by atoms with Crippen molar-refractivity contribution >= 4 is 5.78 Å². The third-order valence-corrected chi connectivity index (χ3v) is 5.15. The Hall–Kier alpha value is -1.19. The second-order valence-electron chi connectivity index (χ2n) is 6.89. The van der Waals surface area contributed by atoms with Crippen LogP contribution in [0.2, 0.25) is 0 Å². The summed E-state index contributed by atoms with van der Waals surface area (Å²) in [4.78, 5) is 17.3. The molecule has 0 spiro atoms. The summed E-state index contributed by atoms with van der Waals surface area (Å²) in [7, 11) is 0. The molecule has 1 aliphatic carbocycles. The number of carbonyl (C=O) groups excluding carboxylic acids is 1. The molecule has 0 N–H and O–H groups in total. The Kier molecular flexibility index (Phi) is 5.27. The minimum Gasteiger partial charge on any atom is -0.298 e. The van der Waals surface area contributed by atoms with Crippen LogP contribution in [0.15, 0.2) is 30.3 Å². The topological polar surface area (TPSA) is 23.6 Å². The molecule has 0 amide bonds. The Balaban J connectivity index is 1.62. The molecule has 1 aliphatic heterocycles.